The SMILES string of the molecule is O=C(Nc1ccc(CCO)cc1)c1cc2ccccc2o1. The van der Waals surface area contributed by atoms with Crippen molar-refractivity contribution in [2.75, 3.05) is 11.9 Å². The highest BCUT2D eigenvalue weighted by atomic mass is 16.3. The normalized spacial score (nSPS) is 10.7. The summed E-state index contributed by atoms with van der Waals surface area (Å²) in [5.41, 5.74) is 2.42. The zero-order chi connectivity index (χ0) is 14.7. The van der Waals surface area contributed by atoms with Crippen molar-refractivity contribution in [2.45, 2.75) is 6.42 Å². The van der Waals surface area contributed by atoms with E-state index in [0.29, 0.717) is 17.7 Å². The van der Waals surface area contributed by atoms with Crippen molar-refractivity contribution in [3.05, 3.63) is 65.9 Å². The molecule has 21 heavy (non-hydrogen) atoms. The molecular formula is C17H15NO3. The molecule has 2 N–H and O–H groups in total. The maximum Gasteiger partial charge on any atom is 0.291 e. The zero-order valence-electron chi connectivity index (χ0n) is 11.4. The molecule has 1 heterocycles. The van der Waals surface area contributed by atoms with Crippen molar-refractivity contribution in [2.24, 2.45) is 0 Å². The number of carbonyl (C=O) groups excluding carboxylic acids is 1. The summed E-state index contributed by atoms with van der Waals surface area (Å²) in [5.74, 6) is 0.0109. The van der Waals surface area contributed by atoms with Gasteiger partial charge in [-0.05, 0) is 36.2 Å². The van der Waals surface area contributed by atoms with Crippen LogP contribution in [-0.2, 0) is 6.42 Å². The number of aliphatic hydroxyl groups is 1. The van der Waals surface area contributed by atoms with Crippen LogP contribution in [0.5, 0.6) is 0 Å². The molecule has 4 heteroatoms. The van der Waals surface area contributed by atoms with Gasteiger partial charge in [-0.3, -0.25) is 4.79 Å². The molecule has 0 aliphatic rings. The van der Waals surface area contributed by atoms with Crippen molar-refractivity contribution < 1.29 is 14.3 Å². The number of rotatable bonds is 4. The fraction of sp³-hybridized carbons (Fsp3) is 0.118. The summed E-state index contributed by atoms with van der Waals surface area (Å²) in [5, 5.41) is 12.6. The Labute approximate surface area is 122 Å². The van der Waals surface area contributed by atoms with Gasteiger partial charge in [-0.25, -0.2) is 0 Å². The molecule has 106 valence electrons. The van der Waals surface area contributed by atoms with E-state index in [2.05, 4.69) is 5.32 Å². The highest BCUT2D eigenvalue weighted by Gasteiger charge is 2.12. The van der Waals surface area contributed by atoms with Crippen LogP contribution >= 0.6 is 0 Å². The summed E-state index contributed by atoms with van der Waals surface area (Å²) in [7, 11) is 0. The van der Waals surface area contributed by atoms with E-state index >= 15 is 0 Å². The van der Waals surface area contributed by atoms with Crippen LogP contribution in [0, 0.1) is 0 Å². The predicted molar refractivity (Wildman–Crippen MR) is 81.4 cm³/mol. The van der Waals surface area contributed by atoms with Gasteiger partial charge >= 0.3 is 0 Å². The molecule has 0 atom stereocenters. The minimum atomic E-state index is -0.277. The molecule has 0 saturated heterocycles. The monoisotopic (exact) mass is 281 g/mol. The third-order valence-electron chi connectivity index (χ3n) is 3.26. The van der Waals surface area contributed by atoms with E-state index in [4.69, 9.17) is 9.52 Å². The van der Waals surface area contributed by atoms with Crippen LogP contribution in [0.15, 0.2) is 59.0 Å². The number of aliphatic hydroxyl groups excluding tert-OH is 1. The lowest BCUT2D eigenvalue weighted by atomic mass is 10.1. The van der Waals surface area contributed by atoms with Crippen LogP contribution in [0.25, 0.3) is 11.0 Å². The number of anilines is 1. The number of amides is 1. The maximum absolute atomic E-state index is 12.1. The van der Waals surface area contributed by atoms with Gasteiger partial charge in [0.2, 0.25) is 0 Å². The van der Waals surface area contributed by atoms with Crippen molar-refractivity contribution in [1.82, 2.24) is 0 Å². The fourth-order valence-corrected chi connectivity index (χ4v) is 2.17. The van der Waals surface area contributed by atoms with Crippen molar-refractivity contribution in [1.29, 1.82) is 0 Å². The van der Waals surface area contributed by atoms with Gasteiger partial charge in [0.15, 0.2) is 5.76 Å². The molecule has 1 aromatic heterocycles. The van der Waals surface area contributed by atoms with Crippen molar-refractivity contribution in [3.8, 4) is 0 Å². The summed E-state index contributed by atoms with van der Waals surface area (Å²) in [6.07, 6.45) is 0.609. The molecule has 0 unspecified atom stereocenters. The van der Waals surface area contributed by atoms with E-state index in [1.807, 2.05) is 48.5 Å². The molecule has 3 aromatic rings. The average molecular weight is 281 g/mol. The number of benzene rings is 2. The molecule has 2 aromatic carbocycles. The molecule has 0 aliphatic heterocycles. The minimum absolute atomic E-state index is 0.116. The number of para-hydroxylation sites is 1. The highest BCUT2D eigenvalue weighted by molar-refractivity contribution is 6.04. The Morgan fingerprint density at radius 1 is 1.10 bits per heavy atom. The number of furan rings is 1. The number of carbonyl (C=O) groups is 1. The summed E-state index contributed by atoms with van der Waals surface area (Å²) in [6.45, 7) is 0.116. The smallest absolute Gasteiger partial charge is 0.291 e. The predicted octanol–water partition coefficient (Wildman–Crippen LogP) is 3.22. The van der Waals surface area contributed by atoms with Crippen LogP contribution in [0.3, 0.4) is 0 Å². The summed E-state index contributed by atoms with van der Waals surface area (Å²) < 4.78 is 5.52. The van der Waals surface area contributed by atoms with E-state index in [0.717, 1.165) is 10.9 Å². The minimum Gasteiger partial charge on any atom is -0.451 e. The third kappa shape index (κ3) is 2.95. The van der Waals surface area contributed by atoms with Crippen molar-refractivity contribution >= 4 is 22.6 Å². The van der Waals surface area contributed by atoms with Gasteiger partial charge in [0.05, 0.1) is 0 Å². The van der Waals surface area contributed by atoms with Gasteiger partial charge in [-0.2, -0.15) is 0 Å². The van der Waals surface area contributed by atoms with E-state index in [-0.39, 0.29) is 18.3 Å². The highest BCUT2D eigenvalue weighted by Crippen LogP contribution is 2.20. The molecule has 0 spiro atoms. The van der Waals surface area contributed by atoms with Crippen LogP contribution in [0.1, 0.15) is 16.1 Å². The Morgan fingerprint density at radius 3 is 2.57 bits per heavy atom. The van der Waals surface area contributed by atoms with Gasteiger partial charge < -0.3 is 14.8 Å². The van der Waals surface area contributed by atoms with Gasteiger partial charge in [-0.1, -0.05) is 30.3 Å². The molecule has 0 fully saturated rings. The zero-order valence-corrected chi connectivity index (χ0v) is 11.4. The van der Waals surface area contributed by atoms with Crippen LogP contribution in [0.2, 0.25) is 0 Å². The van der Waals surface area contributed by atoms with Gasteiger partial charge in [-0.15, -0.1) is 0 Å². The Balaban J connectivity index is 1.76. The van der Waals surface area contributed by atoms with Crippen LogP contribution in [0.4, 0.5) is 5.69 Å². The Morgan fingerprint density at radius 2 is 1.86 bits per heavy atom. The molecule has 0 radical (unpaired) electrons. The lowest BCUT2D eigenvalue weighted by Crippen LogP contribution is -2.10. The van der Waals surface area contributed by atoms with Crippen molar-refractivity contribution in [3.63, 3.8) is 0 Å². The first-order valence-corrected chi connectivity index (χ1v) is 6.76. The summed E-state index contributed by atoms with van der Waals surface area (Å²) in [6, 6.07) is 16.6. The van der Waals surface area contributed by atoms with Gasteiger partial charge in [0.1, 0.15) is 5.58 Å². The second-order valence-electron chi connectivity index (χ2n) is 4.77. The summed E-state index contributed by atoms with van der Waals surface area (Å²) >= 11 is 0. The quantitative estimate of drug-likeness (QED) is 0.771. The first-order chi connectivity index (χ1) is 10.3. The average Bonchev–Trinajstić information content (AvgIpc) is 2.94. The Kier molecular flexibility index (Phi) is 3.71. The lowest BCUT2D eigenvalue weighted by molar-refractivity contribution is 0.0998. The number of hydrogen-bond acceptors (Lipinski definition) is 3. The first-order valence-electron chi connectivity index (χ1n) is 6.76. The van der Waals surface area contributed by atoms with E-state index in [1.165, 1.54) is 0 Å². The van der Waals surface area contributed by atoms with Crippen LogP contribution < -0.4 is 5.32 Å². The molecule has 3 rings (SSSR count). The van der Waals surface area contributed by atoms with E-state index in [1.54, 1.807) is 6.07 Å². The number of nitrogens with one attached hydrogen (secondary N) is 1. The van der Waals surface area contributed by atoms with Crippen LogP contribution in [-0.4, -0.2) is 17.6 Å². The second-order valence-corrected chi connectivity index (χ2v) is 4.77. The standard InChI is InChI=1S/C17H15NO3/c19-10-9-12-5-7-14(8-6-12)18-17(20)16-11-13-3-1-2-4-15(13)21-16/h1-8,11,19H,9-10H2,(H,18,20). The summed E-state index contributed by atoms with van der Waals surface area (Å²) in [4.78, 5) is 12.1. The molecule has 0 saturated carbocycles. The first kappa shape index (κ1) is 13.4. The number of fused-ring (bicyclic) bond motifs is 1. The fourth-order valence-electron chi connectivity index (χ4n) is 2.17. The topological polar surface area (TPSA) is 62.5 Å². The lowest BCUT2D eigenvalue weighted by Gasteiger charge is -2.04. The van der Waals surface area contributed by atoms with E-state index in [9.17, 15) is 4.79 Å². The van der Waals surface area contributed by atoms with Gasteiger partial charge in [0, 0.05) is 17.7 Å². The second kappa shape index (κ2) is 5.81. The Bertz CT molecular complexity index is 726. The Hall–Kier alpha value is -2.59. The molecular weight excluding hydrogens is 266 g/mol. The largest absolute Gasteiger partial charge is 0.451 e. The third-order valence-corrected chi connectivity index (χ3v) is 3.26. The number of hydrogen-bond donors (Lipinski definition) is 2. The van der Waals surface area contributed by atoms with E-state index < -0.39 is 0 Å². The van der Waals surface area contributed by atoms with Gasteiger partial charge in [0.25, 0.3) is 5.91 Å². The molecule has 4 nitrogen and oxygen atoms in total. The molecule has 0 bridgehead atoms. The maximum atomic E-state index is 12.1. The molecule has 0 aliphatic carbocycles. The molecule has 1 amide bonds.